The number of sulfonamides is 1. The predicted octanol–water partition coefficient (Wildman–Crippen LogP) is 3.66. The van der Waals surface area contributed by atoms with Gasteiger partial charge >= 0.3 is 0 Å². The molecule has 3 heterocycles. The van der Waals surface area contributed by atoms with Gasteiger partial charge in [0, 0.05) is 31.7 Å². The number of nitrogens with zero attached hydrogens (tertiary/aromatic N) is 6. The molecule has 12 heteroatoms. The van der Waals surface area contributed by atoms with Crippen molar-refractivity contribution in [1.82, 2.24) is 29.7 Å². The second kappa shape index (κ2) is 9.20. The summed E-state index contributed by atoms with van der Waals surface area (Å²) in [6.45, 7) is 1.55. The molecule has 3 aromatic heterocycles. The molecule has 0 saturated heterocycles. The van der Waals surface area contributed by atoms with Crippen molar-refractivity contribution < 1.29 is 13.2 Å². The van der Waals surface area contributed by atoms with Crippen molar-refractivity contribution in [2.45, 2.75) is 50.0 Å². The molecule has 10 nitrogen and oxygen atoms in total. The molecule has 3 aromatic rings. The van der Waals surface area contributed by atoms with Crippen LogP contribution in [0.2, 0.25) is 5.02 Å². The summed E-state index contributed by atoms with van der Waals surface area (Å²) in [4.78, 5) is 12.7. The Labute approximate surface area is 203 Å². The average molecular weight is 504 g/mol. The van der Waals surface area contributed by atoms with Gasteiger partial charge in [0.1, 0.15) is 17.0 Å². The van der Waals surface area contributed by atoms with Gasteiger partial charge in [0.05, 0.1) is 5.02 Å². The highest BCUT2D eigenvalue weighted by Gasteiger charge is 2.45. The summed E-state index contributed by atoms with van der Waals surface area (Å²) in [5.41, 5.74) is 0.657. The van der Waals surface area contributed by atoms with Gasteiger partial charge in [-0.3, -0.25) is 14.3 Å². The van der Waals surface area contributed by atoms with Crippen molar-refractivity contribution in [3.63, 3.8) is 0 Å². The van der Waals surface area contributed by atoms with E-state index in [0.29, 0.717) is 28.4 Å². The summed E-state index contributed by atoms with van der Waals surface area (Å²) in [5, 5.41) is 7.96. The molecule has 0 aliphatic heterocycles. The monoisotopic (exact) mass is 503 g/mol. The molecule has 0 aromatic carbocycles. The minimum absolute atomic E-state index is 0.137. The van der Waals surface area contributed by atoms with Crippen molar-refractivity contribution in [1.29, 1.82) is 0 Å². The highest BCUT2D eigenvalue weighted by Crippen LogP contribution is 2.53. The lowest BCUT2D eigenvalue weighted by Gasteiger charge is -2.24. The van der Waals surface area contributed by atoms with Crippen LogP contribution in [0.3, 0.4) is 0 Å². The third-order valence-electron chi connectivity index (χ3n) is 6.40. The van der Waals surface area contributed by atoms with Gasteiger partial charge in [-0.05, 0) is 56.6 Å². The van der Waals surface area contributed by atoms with Crippen LogP contribution in [0.1, 0.15) is 50.6 Å². The number of aromatic nitrogens is 6. The van der Waals surface area contributed by atoms with Crippen LogP contribution in [0.25, 0.3) is 11.5 Å². The van der Waals surface area contributed by atoms with Gasteiger partial charge in [0.2, 0.25) is 16.0 Å². The molecule has 2 saturated carbocycles. The molecule has 0 radical (unpaired) electrons. The third kappa shape index (κ3) is 4.64. The van der Waals surface area contributed by atoms with E-state index in [2.05, 4.69) is 29.9 Å². The summed E-state index contributed by atoms with van der Waals surface area (Å²) in [6.07, 6.45) is 8.07. The Kier molecular flexibility index (Phi) is 6.26. The zero-order valence-electron chi connectivity index (χ0n) is 18.9. The van der Waals surface area contributed by atoms with Crippen LogP contribution in [-0.4, -0.2) is 50.5 Å². The number of halogens is 1. The summed E-state index contributed by atoms with van der Waals surface area (Å²) in [6, 6.07) is 5.71. The van der Waals surface area contributed by atoms with E-state index in [4.69, 9.17) is 16.3 Å². The second-order valence-corrected chi connectivity index (χ2v) is 11.3. The summed E-state index contributed by atoms with van der Waals surface area (Å²) >= 11 is 5.88. The molecule has 2 atom stereocenters. The van der Waals surface area contributed by atoms with E-state index in [9.17, 15) is 8.42 Å². The minimum Gasteiger partial charge on any atom is -0.372 e. The molecule has 5 rings (SSSR count). The van der Waals surface area contributed by atoms with Gasteiger partial charge in [0.15, 0.2) is 11.6 Å². The lowest BCUT2D eigenvalue weighted by Crippen LogP contribution is -2.34. The lowest BCUT2D eigenvalue weighted by molar-refractivity contribution is 0.0950. The van der Waals surface area contributed by atoms with E-state index >= 15 is 0 Å². The third-order valence-corrected chi connectivity index (χ3v) is 8.28. The van der Waals surface area contributed by atoms with E-state index in [1.807, 2.05) is 22.8 Å². The molecule has 1 N–H and O–H groups in total. The van der Waals surface area contributed by atoms with Gasteiger partial charge in [-0.2, -0.15) is 0 Å². The Morgan fingerprint density at radius 2 is 1.76 bits per heavy atom. The molecular weight excluding hydrogens is 478 g/mol. The number of methoxy groups -OCH3 is 1. The quantitative estimate of drug-likeness (QED) is 0.444. The predicted molar refractivity (Wildman–Crippen MR) is 127 cm³/mol. The number of anilines is 1. The van der Waals surface area contributed by atoms with Crippen LogP contribution in [0.15, 0.2) is 36.8 Å². The molecule has 2 fully saturated rings. The largest absolute Gasteiger partial charge is 0.372 e. The molecule has 0 amide bonds. The topological polar surface area (TPSA) is 125 Å². The molecule has 2 aliphatic rings. The number of pyridine rings is 1. The average Bonchev–Trinajstić information content (AvgIpc) is 3.76. The van der Waals surface area contributed by atoms with Gasteiger partial charge in [-0.15, -0.1) is 10.2 Å². The van der Waals surface area contributed by atoms with Crippen LogP contribution in [0, 0.1) is 11.8 Å². The fraction of sp³-hybridized carbons (Fsp3) is 0.500. The van der Waals surface area contributed by atoms with Crippen molar-refractivity contribution in [3.8, 4) is 11.5 Å². The fourth-order valence-electron chi connectivity index (χ4n) is 4.35. The Morgan fingerprint density at radius 1 is 1.09 bits per heavy atom. The molecular formula is C22H26ClN7O3S. The van der Waals surface area contributed by atoms with E-state index in [1.165, 1.54) is 19.5 Å². The van der Waals surface area contributed by atoms with Gasteiger partial charge in [-0.25, -0.2) is 18.4 Å². The zero-order chi connectivity index (χ0) is 23.9. The Bertz CT molecular complexity index is 1230. The van der Waals surface area contributed by atoms with Crippen LogP contribution in [-0.2, 0) is 14.8 Å². The first-order valence-corrected chi connectivity index (χ1v) is 13.2. The van der Waals surface area contributed by atoms with E-state index in [0.717, 1.165) is 25.7 Å². The minimum atomic E-state index is -3.95. The number of hydrogen-bond donors (Lipinski definition) is 1. The Morgan fingerprint density at radius 3 is 2.32 bits per heavy atom. The summed E-state index contributed by atoms with van der Waals surface area (Å²) in [5.74, 6) is 1.97. The van der Waals surface area contributed by atoms with Gasteiger partial charge in [0.25, 0.3) is 0 Å². The van der Waals surface area contributed by atoms with Crippen LogP contribution >= 0.6 is 11.6 Å². The maximum atomic E-state index is 13.5. The number of nitrogens with one attached hydrogen (secondary N) is 1. The van der Waals surface area contributed by atoms with E-state index < -0.39 is 21.4 Å². The highest BCUT2D eigenvalue weighted by atomic mass is 35.5. The van der Waals surface area contributed by atoms with Crippen molar-refractivity contribution in [2.24, 2.45) is 11.8 Å². The fourth-order valence-corrected chi connectivity index (χ4v) is 5.59. The molecule has 2 aliphatic carbocycles. The maximum absolute atomic E-state index is 13.5. The normalized spacial score (nSPS) is 18.1. The lowest BCUT2D eigenvalue weighted by atomic mass is 10.1. The first-order valence-electron chi connectivity index (χ1n) is 11.3. The van der Waals surface area contributed by atoms with Crippen molar-refractivity contribution >= 4 is 27.6 Å². The van der Waals surface area contributed by atoms with Crippen LogP contribution < -0.4 is 4.72 Å². The molecule has 0 bridgehead atoms. The molecule has 34 heavy (non-hydrogen) atoms. The van der Waals surface area contributed by atoms with Crippen molar-refractivity contribution in [3.05, 3.63) is 47.6 Å². The van der Waals surface area contributed by atoms with Crippen LogP contribution in [0.5, 0.6) is 0 Å². The SMILES string of the molecule is COC(c1ncc(Cl)cn1)C(C)S(=O)(=O)Nc1nnc(-c2ccccn2)n1C(C1CC1)C1CC1. The molecule has 2 unspecified atom stereocenters. The summed E-state index contributed by atoms with van der Waals surface area (Å²) in [7, 11) is -2.53. The van der Waals surface area contributed by atoms with Crippen molar-refractivity contribution in [2.75, 3.05) is 11.8 Å². The smallest absolute Gasteiger partial charge is 0.240 e. The second-order valence-electron chi connectivity index (χ2n) is 8.87. The number of hydrogen-bond acceptors (Lipinski definition) is 8. The highest BCUT2D eigenvalue weighted by molar-refractivity contribution is 7.93. The number of ether oxygens (including phenoxy) is 1. The number of rotatable bonds is 10. The molecule has 0 spiro atoms. The summed E-state index contributed by atoms with van der Waals surface area (Å²) < 4.78 is 37.0. The van der Waals surface area contributed by atoms with Crippen LogP contribution in [0.4, 0.5) is 5.95 Å². The maximum Gasteiger partial charge on any atom is 0.240 e. The van der Waals surface area contributed by atoms with Gasteiger partial charge in [-0.1, -0.05) is 17.7 Å². The van der Waals surface area contributed by atoms with E-state index in [1.54, 1.807) is 13.1 Å². The first-order chi connectivity index (χ1) is 16.4. The first kappa shape index (κ1) is 23.1. The Hall–Kier alpha value is -2.63. The standard InChI is InChI=1S/C22H26ClN7O3S/c1-13(19(33-2)20-25-11-16(23)12-26-20)34(31,32)29-22-28-27-21(17-5-3-4-10-24-17)30(22)18(14-6-7-14)15-8-9-15/h3-5,10-15,18-19H,6-9H2,1-2H3,(H,28,29). The van der Waals surface area contributed by atoms with Gasteiger partial charge < -0.3 is 4.74 Å². The zero-order valence-corrected chi connectivity index (χ0v) is 20.4. The Balaban J connectivity index is 1.49. The van der Waals surface area contributed by atoms with E-state index in [-0.39, 0.29) is 17.8 Å². The molecule has 180 valence electrons.